The second kappa shape index (κ2) is 21.7. The Morgan fingerprint density at radius 2 is 0.931 bits per heavy atom. The molecule has 2 saturated carbocycles. The van der Waals surface area contributed by atoms with Gasteiger partial charge < -0.3 is 10.6 Å². The van der Waals surface area contributed by atoms with Crippen molar-refractivity contribution in [2.45, 2.75) is 168 Å². The molecule has 2 heterocycles. The van der Waals surface area contributed by atoms with E-state index in [-0.39, 0.29) is 47.6 Å². The Morgan fingerprint density at radius 1 is 0.528 bits per heavy atom. The van der Waals surface area contributed by atoms with E-state index in [0.29, 0.717) is 36.9 Å². The number of carbonyl (C=O) groups is 6. The zero-order valence-electron chi connectivity index (χ0n) is 43.7. The lowest BCUT2D eigenvalue weighted by Gasteiger charge is -2.38. The molecular weight excluding hydrogens is 915 g/mol. The van der Waals surface area contributed by atoms with Crippen molar-refractivity contribution in [3.63, 3.8) is 0 Å². The van der Waals surface area contributed by atoms with Crippen LogP contribution in [0.1, 0.15) is 177 Å². The Kier molecular flexibility index (Phi) is 16.1. The Labute approximate surface area is 423 Å². The number of hydrogen-bond donors (Lipinski definition) is 2. The highest BCUT2D eigenvalue weighted by atomic mass is 19.1. The summed E-state index contributed by atoms with van der Waals surface area (Å²) in [5, 5.41) is 6.02. The summed E-state index contributed by atoms with van der Waals surface area (Å²) in [6.07, 6.45) is 7.07. The smallest absolute Gasteiger partial charge is 0.324 e. The average Bonchev–Trinajstić information content (AvgIpc) is 3.63. The molecule has 0 radical (unpaired) electrons. The lowest BCUT2D eigenvalue weighted by molar-refractivity contribution is -0.134. The molecule has 2 N–H and O–H groups in total. The van der Waals surface area contributed by atoms with Gasteiger partial charge in [0.15, 0.2) is 0 Å². The summed E-state index contributed by atoms with van der Waals surface area (Å²) >= 11 is 0. The van der Waals surface area contributed by atoms with E-state index in [1.807, 2.05) is 36.4 Å². The number of urea groups is 2. The van der Waals surface area contributed by atoms with Crippen molar-refractivity contribution < 1.29 is 37.5 Å². The lowest BCUT2D eigenvalue weighted by atomic mass is 9.80. The van der Waals surface area contributed by atoms with Gasteiger partial charge in [0.25, 0.3) is 11.8 Å². The molecule has 2 aliphatic carbocycles. The summed E-state index contributed by atoms with van der Waals surface area (Å²) in [6, 6.07) is 19.9. The molecule has 0 bridgehead atoms. The minimum absolute atomic E-state index is 0.0935. The fraction of sp³-hybridized carbons (Fsp3) is 0.483. The van der Waals surface area contributed by atoms with Crippen LogP contribution in [-0.4, -0.2) is 69.7 Å². The van der Waals surface area contributed by atoms with Crippen LogP contribution in [0.2, 0.25) is 0 Å². The maximum Gasteiger partial charge on any atom is 0.332 e. The first kappa shape index (κ1) is 53.4. The topological polar surface area (TPSA) is 139 Å². The summed E-state index contributed by atoms with van der Waals surface area (Å²) < 4.78 is 29.0. The number of amides is 8. The number of benzene rings is 4. The van der Waals surface area contributed by atoms with Gasteiger partial charge in [-0.25, -0.2) is 18.4 Å². The van der Waals surface area contributed by atoms with Crippen LogP contribution in [0.15, 0.2) is 72.8 Å². The number of nitrogens with one attached hydrogen (secondary N) is 2. The van der Waals surface area contributed by atoms with E-state index in [0.717, 1.165) is 87.5 Å². The third kappa shape index (κ3) is 10.3. The van der Waals surface area contributed by atoms with Crippen molar-refractivity contribution in [2.24, 2.45) is 0 Å². The fourth-order valence-corrected chi connectivity index (χ4v) is 11.2. The summed E-state index contributed by atoms with van der Waals surface area (Å²) in [6.45, 7) is 19.1. The van der Waals surface area contributed by atoms with Crippen LogP contribution in [0.4, 0.5) is 41.1 Å². The first-order chi connectivity index (χ1) is 34.1. The minimum Gasteiger partial charge on any atom is -0.324 e. The van der Waals surface area contributed by atoms with E-state index in [2.05, 4.69) is 66.0 Å². The van der Waals surface area contributed by atoms with Crippen molar-refractivity contribution in [2.75, 3.05) is 33.5 Å². The third-order valence-electron chi connectivity index (χ3n) is 15.0. The Bertz CT molecular complexity index is 2690. The largest absolute Gasteiger partial charge is 0.332 e. The number of rotatable bonds is 12. The Balaban J connectivity index is 0.000000211. The van der Waals surface area contributed by atoms with Crippen LogP contribution in [0.3, 0.4) is 0 Å². The quantitative estimate of drug-likeness (QED) is 0.136. The molecule has 4 aromatic rings. The molecule has 8 amide bonds. The Hall–Kier alpha value is -6.44. The van der Waals surface area contributed by atoms with Gasteiger partial charge in [-0.3, -0.25) is 38.8 Å². The standard InChI is InChI=1S/2C29H36FN3O3/c1-18(2)22-10-9-11-23(19(3)4)26(22)31-25(34)17-32-27(35)29(14-7-6-8-15-29)33(28(32)36)21-12-13-24(30)20(5)16-21;1-18(2)21-10-9-11-22(19(3)4)26(21)31-25(34)17-32-27(35)29(14-7-6-8-15-29)33(28(32)36)24-13-12-20(5)16-23(24)30/h2*9-13,16,18-19H,6-8,14-15,17H2,1-5H3,(H,31,34). The van der Waals surface area contributed by atoms with Gasteiger partial charge >= 0.3 is 12.1 Å². The molecule has 12 nitrogen and oxygen atoms in total. The molecule has 0 atom stereocenters. The second-order valence-corrected chi connectivity index (χ2v) is 21.4. The number of aryl methyl sites for hydroxylation is 2. The molecule has 8 rings (SSSR count). The van der Waals surface area contributed by atoms with Gasteiger partial charge in [-0.15, -0.1) is 0 Å². The van der Waals surface area contributed by atoms with Gasteiger partial charge in [-0.1, -0.05) is 136 Å². The SMILES string of the molecule is Cc1cc(N2C(=O)N(CC(=O)Nc3c(C(C)C)cccc3C(C)C)C(=O)C23CCCCC3)ccc1F.Cc1ccc(N2C(=O)N(CC(=O)Nc3c(C(C)C)cccc3C(C)C)C(=O)C23CCCCC3)c(F)c1. The van der Waals surface area contributed by atoms with E-state index in [9.17, 15) is 33.2 Å². The first-order valence-electron chi connectivity index (χ1n) is 25.8. The summed E-state index contributed by atoms with van der Waals surface area (Å²) in [5.74, 6) is -1.77. The van der Waals surface area contributed by atoms with Crippen LogP contribution in [0, 0.1) is 25.5 Å². The Morgan fingerprint density at radius 3 is 1.32 bits per heavy atom. The van der Waals surface area contributed by atoms with Gasteiger partial charge in [0.2, 0.25) is 11.8 Å². The maximum atomic E-state index is 15.1. The van der Waals surface area contributed by atoms with E-state index >= 15 is 4.39 Å². The molecule has 4 fully saturated rings. The highest BCUT2D eigenvalue weighted by Gasteiger charge is 2.60. The minimum atomic E-state index is -1.15. The van der Waals surface area contributed by atoms with E-state index in [1.165, 1.54) is 21.9 Å². The monoisotopic (exact) mass is 987 g/mol. The number of nitrogens with zero attached hydrogens (tertiary/aromatic N) is 4. The van der Waals surface area contributed by atoms with Crippen molar-refractivity contribution in [1.29, 1.82) is 0 Å². The average molecular weight is 987 g/mol. The third-order valence-corrected chi connectivity index (χ3v) is 15.0. The van der Waals surface area contributed by atoms with Crippen molar-refractivity contribution in [1.82, 2.24) is 9.80 Å². The number of para-hydroxylation sites is 2. The number of imide groups is 2. The molecule has 384 valence electrons. The van der Waals surface area contributed by atoms with Crippen LogP contribution >= 0.6 is 0 Å². The highest BCUT2D eigenvalue weighted by Crippen LogP contribution is 2.46. The van der Waals surface area contributed by atoms with Gasteiger partial charge in [0.1, 0.15) is 35.8 Å². The molecule has 0 unspecified atom stereocenters. The van der Waals surface area contributed by atoms with Crippen LogP contribution in [0.25, 0.3) is 0 Å². The molecule has 4 aromatic carbocycles. The molecular formula is C58H72F2N6O6. The van der Waals surface area contributed by atoms with Crippen molar-refractivity contribution in [3.05, 3.63) is 118 Å². The predicted octanol–water partition coefficient (Wildman–Crippen LogP) is 13.0. The highest BCUT2D eigenvalue weighted by molar-refractivity contribution is 6.20. The number of hydrogen-bond acceptors (Lipinski definition) is 6. The second-order valence-electron chi connectivity index (χ2n) is 21.4. The van der Waals surface area contributed by atoms with Gasteiger partial charge in [-0.05, 0) is 127 Å². The zero-order chi connectivity index (χ0) is 52.4. The van der Waals surface area contributed by atoms with E-state index in [1.54, 1.807) is 38.1 Å². The maximum absolute atomic E-state index is 15.1. The summed E-state index contributed by atoms with van der Waals surface area (Å²) in [4.78, 5) is 86.4. The first-order valence-corrected chi connectivity index (χ1v) is 25.8. The van der Waals surface area contributed by atoms with Gasteiger partial charge in [0.05, 0.1) is 5.69 Å². The number of carbonyl (C=O) groups excluding carboxylic acids is 6. The van der Waals surface area contributed by atoms with E-state index < -0.39 is 53.2 Å². The normalized spacial score (nSPS) is 17.6. The lowest BCUT2D eigenvalue weighted by Crippen LogP contribution is -2.51. The number of halogens is 2. The molecule has 72 heavy (non-hydrogen) atoms. The van der Waals surface area contributed by atoms with Gasteiger partial charge in [0, 0.05) is 17.1 Å². The fourth-order valence-electron chi connectivity index (χ4n) is 11.2. The van der Waals surface area contributed by atoms with Crippen LogP contribution < -0.4 is 20.4 Å². The van der Waals surface area contributed by atoms with Crippen LogP contribution in [-0.2, 0) is 19.2 Å². The molecule has 4 aliphatic rings. The zero-order valence-corrected chi connectivity index (χ0v) is 43.7. The molecule has 14 heteroatoms. The molecule has 2 spiro atoms. The van der Waals surface area contributed by atoms with Gasteiger partial charge in [-0.2, -0.15) is 0 Å². The number of anilines is 4. The molecule has 2 aliphatic heterocycles. The van der Waals surface area contributed by atoms with Crippen LogP contribution in [0.5, 0.6) is 0 Å². The van der Waals surface area contributed by atoms with E-state index in [4.69, 9.17) is 0 Å². The summed E-state index contributed by atoms with van der Waals surface area (Å²) in [5.41, 5.74) is 5.06. The van der Waals surface area contributed by atoms with Crippen molar-refractivity contribution >= 4 is 58.4 Å². The summed E-state index contributed by atoms with van der Waals surface area (Å²) in [7, 11) is 0. The predicted molar refractivity (Wildman–Crippen MR) is 280 cm³/mol. The molecule has 2 saturated heterocycles. The molecule has 0 aromatic heterocycles. The van der Waals surface area contributed by atoms with Crippen molar-refractivity contribution in [3.8, 4) is 0 Å².